The van der Waals surface area contributed by atoms with E-state index in [2.05, 4.69) is 26.6 Å². The second-order valence-corrected chi connectivity index (χ2v) is 17.7. The molecule has 5 N–H and O–H groups in total. The molecular weight excluding hydrogens is 821 g/mol. The maximum Gasteiger partial charge on any atom is 0.267 e. The van der Waals surface area contributed by atoms with E-state index in [0.29, 0.717) is 16.5 Å². The molecule has 19 heteroatoms. The molecule has 6 rings (SSSR count). The average Bonchev–Trinajstić information content (AvgIpc) is 3.92. The van der Waals surface area contributed by atoms with Crippen LogP contribution in [0.25, 0.3) is 11.8 Å². The number of hydrogen-bond donors (Lipinski definition) is 5. The standard InChI is InChI=1S/C43H57F6N9O4/c1-21(2)34(54-38(59)23(5)50-7)40(61)57-19-42(46,47)16-27(57)15-30-29-11-9-25(44)13-31(29)52-36(30)37-53-32-14-26(45)10-12-33(32)56(37)18-28-17-43(48,49)20-58(28)41(62)35(22(3)4)55-39(60)24(6)51-8/h9-13,21-24,27-28,31,34-35,50-52H,14-20H2,1-8H3,(H,54,59)(H,55,60). The molecule has 7 unspecified atom stereocenters. The zero-order valence-corrected chi connectivity index (χ0v) is 36.2. The van der Waals surface area contributed by atoms with Gasteiger partial charge in [0.2, 0.25) is 23.6 Å². The molecular formula is C43H57F6N9O4. The highest BCUT2D eigenvalue weighted by atomic mass is 19.3. The van der Waals surface area contributed by atoms with Crippen LogP contribution in [0.3, 0.4) is 0 Å². The van der Waals surface area contributed by atoms with Crippen LogP contribution in [0, 0.1) is 11.8 Å². The summed E-state index contributed by atoms with van der Waals surface area (Å²) < 4.78 is 93.2. The maximum absolute atomic E-state index is 15.5. The average molecular weight is 878 g/mol. The quantitative estimate of drug-likeness (QED) is 0.179. The largest absolute Gasteiger partial charge is 0.371 e. The smallest absolute Gasteiger partial charge is 0.267 e. The van der Waals surface area contributed by atoms with Crippen molar-refractivity contribution < 1.29 is 45.5 Å². The highest BCUT2D eigenvalue weighted by molar-refractivity contribution is 5.91. The number of likely N-dealkylation sites (N-methyl/N-ethyl adjacent to an activating group) is 2. The number of likely N-dealkylation sites (tertiary alicyclic amines) is 2. The molecule has 0 spiro atoms. The molecule has 340 valence electrons. The van der Waals surface area contributed by atoms with Crippen LogP contribution in [-0.2, 0) is 32.1 Å². The molecule has 2 aliphatic carbocycles. The Morgan fingerprint density at radius 2 is 1.34 bits per heavy atom. The van der Waals surface area contributed by atoms with Crippen LogP contribution in [0.4, 0.5) is 26.3 Å². The lowest BCUT2D eigenvalue weighted by Gasteiger charge is -2.32. The molecule has 13 nitrogen and oxygen atoms in total. The number of carbonyl (C=O) groups is 4. The van der Waals surface area contributed by atoms with E-state index in [9.17, 15) is 28.0 Å². The van der Waals surface area contributed by atoms with Crippen molar-refractivity contribution >= 4 is 35.4 Å². The van der Waals surface area contributed by atoms with E-state index in [1.165, 1.54) is 30.4 Å². The van der Waals surface area contributed by atoms with Gasteiger partial charge in [-0.15, -0.1) is 0 Å². The number of amides is 4. The summed E-state index contributed by atoms with van der Waals surface area (Å²) in [6.07, 6.45) is 4.77. The number of aromatic nitrogens is 2. The Balaban J connectivity index is 1.44. The van der Waals surface area contributed by atoms with Gasteiger partial charge in [0.15, 0.2) is 5.48 Å². The van der Waals surface area contributed by atoms with Crippen LogP contribution in [-0.4, -0.2) is 124 Å². The van der Waals surface area contributed by atoms with Crippen LogP contribution in [0.5, 0.6) is 0 Å². The van der Waals surface area contributed by atoms with Crippen molar-refractivity contribution in [3.05, 3.63) is 63.6 Å². The molecule has 0 bridgehead atoms. The predicted octanol–water partition coefficient (Wildman–Crippen LogP) is 2.23. The van der Waals surface area contributed by atoms with Gasteiger partial charge >= 0.3 is 0 Å². The van der Waals surface area contributed by atoms with E-state index in [0.717, 1.165) is 9.80 Å². The molecule has 62 heavy (non-hydrogen) atoms. The third kappa shape index (κ3) is 9.67. The summed E-state index contributed by atoms with van der Waals surface area (Å²) in [7, 11) is 3.14. The number of allylic oxidation sites excluding steroid dienone is 4. The van der Waals surface area contributed by atoms with E-state index in [-0.39, 0.29) is 36.3 Å². The first-order valence-corrected chi connectivity index (χ1v) is 21.1. The molecule has 0 radical (unpaired) electrons. The summed E-state index contributed by atoms with van der Waals surface area (Å²) in [6, 6.07) is -6.68. The fourth-order valence-electron chi connectivity index (χ4n) is 8.69. The van der Waals surface area contributed by atoms with E-state index in [4.69, 9.17) is 4.98 Å². The number of nitrogens with one attached hydrogen (secondary N) is 5. The summed E-state index contributed by atoms with van der Waals surface area (Å²) in [6.45, 7) is 7.87. The molecule has 4 heterocycles. The molecule has 7 atom stereocenters. The van der Waals surface area contributed by atoms with Gasteiger partial charge in [-0.2, -0.15) is 0 Å². The maximum atomic E-state index is 15.5. The van der Waals surface area contributed by atoms with E-state index >= 15 is 17.6 Å². The van der Waals surface area contributed by atoms with Crippen molar-refractivity contribution in [2.24, 2.45) is 11.8 Å². The fraction of sp³-hybridized carbons (Fsp3) is 0.605. The third-order valence-electron chi connectivity index (χ3n) is 12.4. The van der Waals surface area contributed by atoms with Gasteiger partial charge in [0.25, 0.3) is 11.8 Å². The summed E-state index contributed by atoms with van der Waals surface area (Å²) in [5.41, 5.74) is 1.49. The second kappa shape index (κ2) is 18.1. The van der Waals surface area contributed by atoms with E-state index in [1.54, 1.807) is 60.2 Å². The van der Waals surface area contributed by atoms with Gasteiger partial charge in [-0.25, -0.2) is 31.3 Å². The van der Waals surface area contributed by atoms with Crippen LogP contribution < -0.4 is 37.4 Å². The Bertz CT molecular complexity index is 2220. The molecule has 2 saturated heterocycles. The van der Waals surface area contributed by atoms with Crippen LogP contribution in [0.15, 0.2) is 47.1 Å². The van der Waals surface area contributed by atoms with Crippen molar-refractivity contribution in [2.45, 2.75) is 128 Å². The molecule has 0 aromatic carbocycles. The van der Waals surface area contributed by atoms with Crippen LogP contribution >= 0.6 is 0 Å². The number of rotatable bonds is 14. The van der Waals surface area contributed by atoms with Crippen molar-refractivity contribution in [1.29, 1.82) is 0 Å². The van der Waals surface area contributed by atoms with Gasteiger partial charge in [-0.1, -0.05) is 33.8 Å². The fourth-order valence-corrected chi connectivity index (χ4v) is 8.69. The molecule has 3 aliphatic heterocycles. The zero-order valence-electron chi connectivity index (χ0n) is 36.2. The predicted molar refractivity (Wildman–Crippen MR) is 220 cm³/mol. The Morgan fingerprint density at radius 3 is 1.87 bits per heavy atom. The number of hydrogen-bond acceptors (Lipinski definition) is 8. The first kappa shape index (κ1) is 46.6. The Hall–Kier alpha value is -4.91. The number of halogens is 6. The first-order chi connectivity index (χ1) is 29.0. The number of nitrogens with zero attached hydrogens (tertiary/aromatic N) is 4. The van der Waals surface area contributed by atoms with Crippen molar-refractivity contribution in [1.82, 2.24) is 45.9 Å². The second-order valence-electron chi connectivity index (χ2n) is 17.7. The Labute approximate surface area is 356 Å². The van der Waals surface area contributed by atoms with Gasteiger partial charge in [-0.05, 0) is 81.6 Å². The lowest BCUT2D eigenvalue weighted by atomic mass is 9.93. The van der Waals surface area contributed by atoms with Crippen molar-refractivity contribution in [3.63, 3.8) is 0 Å². The topological polar surface area (TPSA) is 153 Å². The molecule has 4 amide bonds. The Kier molecular flexibility index (Phi) is 13.6. The summed E-state index contributed by atoms with van der Waals surface area (Å²) >= 11 is 0. The number of fused-ring (bicyclic) bond motifs is 2. The van der Waals surface area contributed by atoms with Crippen LogP contribution in [0.1, 0.15) is 66.5 Å². The lowest BCUT2D eigenvalue weighted by molar-refractivity contribution is -0.140. The molecule has 1 aromatic heterocycles. The van der Waals surface area contributed by atoms with Gasteiger partial charge in [0, 0.05) is 31.8 Å². The van der Waals surface area contributed by atoms with Crippen molar-refractivity contribution in [2.75, 3.05) is 27.2 Å². The minimum absolute atomic E-state index is 0.114. The van der Waals surface area contributed by atoms with Gasteiger partial charge in [-0.3, -0.25) is 19.2 Å². The minimum Gasteiger partial charge on any atom is -0.371 e. The van der Waals surface area contributed by atoms with Gasteiger partial charge < -0.3 is 41.0 Å². The van der Waals surface area contributed by atoms with E-state index < -0.39 is 127 Å². The van der Waals surface area contributed by atoms with Crippen LogP contribution in [0.2, 0.25) is 0 Å². The Morgan fingerprint density at radius 1 is 0.806 bits per heavy atom. The molecule has 2 fully saturated rings. The minimum atomic E-state index is -3.31. The van der Waals surface area contributed by atoms with Gasteiger partial charge in [0.1, 0.15) is 23.7 Å². The molecule has 5 aliphatic rings. The summed E-state index contributed by atoms with van der Waals surface area (Å²) in [5.74, 6) is -11.0. The first-order valence-electron chi connectivity index (χ1n) is 21.1. The van der Waals surface area contributed by atoms with Gasteiger partial charge in [0.05, 0.1) is 54.0 Å². The highest BCUT2D eigenvalue weighted by Gasteiger charge is 2.51. The normalized spacial score (nSPS) is 25.4. The highest BCUT2D eigenvalue weighted by Crippen LogP contribution is 2.41. The SMILES string of the molecule is CNC(C)C(=O)NC(C(=O)N1CC(F)(F)CC1CC1=C2C=CC(F)=CC2NC1=c1nc2c(n1CC1CC(F)(F)CN1C(=O)C(NC(=O)C(C)NC)C(C)C)=CC=C(F)C2)C(C)C. The monoisotopic (exact) mass is 877 g/mol. The summed E-state index contributed by atoms with van der Waals surface area (Å²) in [5, 5.41) is 14.6. The summed E-state index contributed by atoms with van der Waals surface area (Å²) in [4.78, 5) is 61.1. The molecule has 0 saturated carbocycles. The lowest BCUT2D eigenvalue weighted by Crippen LogP contribution is -2.56. The third-order valence-corrected chi connectivity index (χ3v) is 12.4. The number of carbonyl (C=O) groups excluding carboxylic acids is 4. The zero-order chi connectivity index (χ0) is 45.6. The number of imidazole rings is 1. The molecule has 1 aromatic rings. The number of alkyl halides is 4. The van der Waals surface area contributed by atoms with Crippen molar-refractivity contribution in [3.8, 4) is 0 Å². The van der Waals surface area contributed by atoms with E-state index in [1.807, 2.05) is 0 Å².